The van der Waals surface area contributed by atoms with Gasteiger partial charge in [-0.25, -0.2) is 0 Å². The second-order valence-electron chi connectivity index (χ2n) is 8.09. The number of amides is 2. The maximum absolute atomic E-state index is 12.9. The lowest BCUT2D eigenvalue weighted by molar-refractivity contribution is -0.131. The zero-order valence-corrected chi connectivity index (χ0v) is 18.3. The Labute approximate surface area is 173 Å². The van der Waals surface area contributed by atoms with Gasteiger partial charge < -0.3 is 24.8 Å². The molecule has 29 heavy (non-hydrogen) atoms. The Kier molecular flexibility index (Phi) is 8.17. The molecule has 2 amide bonds. The molecule has 0 unspecified atom stereocenters. The molecule has 1 atom stereocenters. The van der Waals surface area contributed by atoms with Crippen LogP contribution >= 0.6 is 0 Å². The molecule has 1 saturated carbocycles. The zero-order chi connectivity index (χ0) is 21.6. The largest absolute Gasteiger partial charge is 0.493 e. The van der Waals surface area contributed by atoms with Crippen LogP contribution < -0.4 is 24.8 Å². The Morgan fingerprint density at radius 3 is 1.97 bits per heavy atom. The van der Waals surface area contributed by atoms with Crippen LogP contribution in [0.4, 0.5) is 5.69 Å². The Morgan fingerprint density at radius 2 is 1.52 bits per heavy atom. The van der Waals surface area contributed by atoms with Crippen LogP contribution in [0.3, 0.4) is 0 Å². The first-order valence-corrected chi connectivity index (χ1v) is 10.2. The zero-order valence-electron chi connectivity index (χ0n) is 18.3. The predicted octanol–water partition coefficient (Wildman–Crippen LogP) is 3.62. The molecule has 7 heteroatoms. The fourth-order valence-electron chi connectivity index (χ4n) is 3.70. The number of hydrogen-bond acceptors (Lipinski definition) is 5. The third kappa shape index (κ3) is 5.78. The minimum absolute atomic E-state index is 0.0126. The molecule has 1 fully saturated rings. The van der Waals surface area contributed by atoms with Crippen LogP contribution in [0.2, 0.25) is 0 Å². The smallest absolute Gasteiger partial charge is 0.247 e. The molecular formula is C22H34N2O5. The van der Waals surface area contributed by atoms with Gasteiger partial charge in [0.15, 0.2) is 11.5 Å². The second-order valence-corrected chi connectivity index (χ2v) is 8.09. The molecule has 1 aliphatic rings. The minimum atomic E-state index is -0.624. The molecule has 0 spiro atoms. The summed E-state index contributed by atoms with van der Waals surface area (Å²) in [7, 11) is 4.56. The van der Waals surface area contributed by atoms with Gasteiger partial charge in [-0.15, -0.1) is 0 Å². The monoisotopic (exact) mass is 406 g/mol. The van der Waals surface area contributed by atoms with Gasteiger partial charge in [0.05, 0.1) is 21.3 Å². The first-order chi connectivity index (χ1) is 13.8. The van der Waals surface area contributed by atoms with Gasteiger partial charge in [-0.3, -0.25) is 9.59 Å². The van der Waals surface area contributed by atoms with E-state index >= 15 is 0 Å². The van der Waals surface area contributed by atoms with Gasteiger partial charge in [-0.2, -0.15) is 0 Å². The number of carbonyl (C=O) groups is 2. The fraction of sp³-hybridized carbons (Fsp3) is 0.636. The van der Waals surface area contributed by atoms with E-state index in [2.05, 4.69) is 17.6 Å². The standard InChI is InChI=1S/C22H34N2O5/c1-13(2)19(24-21(25)15-9-7-14(3)8-10-15)22(26)23-16-11-17(27-4)20(29-6)18(12-16)28-5/h11-15,19H,7-10H2,1-6H3,(H,23,26)(H,24,25)/t14?,15?,19-/m1/s1. The Hall–Kier alpha value is -2.44. The molecule has 0 heterocycles. The van der Waals surface area contributed by atoms with Gasteiger partial charge in [0.1, 0.15) is 6.04 Å². The highest BCUT2D eigenvalue weighted by atomic mass is 16.5. The fourth-order valence-corrected chi connectivity index (χ4v) is 3.70. The van der Waals surface area contributed by atoms with Crippen LogP contribution in [0.1, 0.15) is 46.5 Å². The van der Waals surface area contributed by atoms with Gasteiger partial charge in [0.25, 0.3) is 0 Å². The molecule has 0 aliphatic heterocycles. The van der Waals surface area contributed by atoms with E-state index in [4.69, 9.17) is 14.2 Å². The average Bonchev–Trinajstić information content (AvgIpc) is 2.71. The van der Waals surface area contributed by atoms with Crippen molar-refractivity contribution in [1.29, 1.82) is 0 Å². The first-order valence-electron chi connectivity index (χ1n) is 10.2. The molecule has 2 rings (SSSR count). The number of methoxy groups -OCH3 is 3. The number of ether oxygens (including phenoxy) is 3. The predicted molar refractivity (Wildman–Crippen MR) is 113 cm³/mol. The van der Waals surface area contributed by atoms with Crippen molar-refractivity contribution in [2.24, 2.45) is 17.8 Å². The summed E-state index contributed by atoms with van der Waals surface area (Å²) in [6.07, 6.45) is 3.88. The lowest BCUT2D eigenvalue weighted by Crippen LogP contribution is -2.49. The molecule has 162 valence electrons. The van der Waals surface area contributed by atoms with Crippen molar-refractivity contribution < 1.29 is 23.8 Å². The van der Waals surface area contributed by atoms with Gasteiger partial charge in [-0.05, 0) is 37.5 Å². The summed E-state index contributed by atoms with van der Waals surface area (Å²) in [6.45, 7) is 6.06. The van der Waals surface area contributed by atoms with E-state index in [1.807, 2.05) is 13.8 Å². The minimum Gasteiger partial charge on any atom is -0.493 e. The number of hydrogen-bond donors (Lipinski definition) is 2. The van der Waals surface area contributed by atoms with E-state index in [1.54, 1.807) is 12.1 Å². The molecule has 1 aromatic carbocycles. The molecule has 1 aliphatic carbocycles. The van der Waals surface area contributed by atoms with Crippen molar-refractivity contribution >= 4 is 17.5 Å². The van der Waals surface area contributed by atoms with Crippen molar-refractivity contribution in [1.82, 2.24) is 5.32 Å². The van der Waals surface area contributed by atoms with Gasteiger partial charge in [-0.1, -0.05) is 20.8 Å². The molecule has 7 nitrogen and oxygen atoms in total. The lowest BCUT2D eigenvalue weighted by atomic mass is 9.82. The number of nitrogens with one attached hydrogen (secondary N) is 2. The van der Waals surface area contributed by atoms with E-state index in [1.165, 1.54) is 21.3 Å². The molecule has 0 aromatic heterocycles. The van der Waals surface area contributed by atoms with Crippen molar-refractivity contribution in [2.75, 3.05) is 26.6 Å². The summed E-state index contributed by atoms with van der Waals surface area (Å²) in [4.78, 5) is 25.7. The van der Waals surface area contributed by atoms with E-state index in [-0.39, 0.29) is 23.7 Å². The Balaban J connectivity index is 2.12. The van der Waals surface area contributed by atoms with Crippen molar-refractivity contribution in [3.05, 3.63) is 12.1 Å². The third-order valence-electron chi connectivity index (χ3n) is 5.57. The first kappa shape index (κ1) is 22.8. The average molecular weight is 407 g/mol. The van der Waals surface area contributed by atoms with Crippen LogP contribution in [-0.2, 0) is 9.59 Å². The molecule has 0 saturated heterocycles. The number of rotatable bonds is 8. The molecule has 0 radical (unpaired) electrons. The summed E-state index contributed by atoms with van der Waals surface area (Å²) in [5.74, 6) is 1.65. The maximum atomic E-state index is 12.9. The van der Waals surface area contributed by atoms with Crippen LogP contribution in [0.25, 0.3) is 0 Å². The van der Waals surface area contributed by atoms with Crippen molar-refractivity contribution in [3.8, 4) is 17.2 Å². The summed E-state index contributed by atoms with van der Waals surface area (Å²) in [6, 6.07) is 2.71. The van der Waals surface area contributed by atoms with Crippen LogP contribution in [0, 0.1) is 17.8 Å². The summed E-state index contributed by atoms with van der Waals surface area (Å²) in [5, 5.41) is 5.83. The summed E-state index contributed by atoms with van der Waals surface area (Å²) in [5.41, 5.74) is 0.510. The molecular weight excluding hydrogens is 372 g/mol. The van der Waals surface area contributed by atoms with Crippen LogP contribution in [0.15, 0.2) is 12.1 Å². The third-order valence-corrected chi connectivity index (χ3v) is 5.57. The maximum Gasteiger partial charge on any atom is 0.247 e. The molecule has 2 N–H and O–H groups in total. The van der Waals surface area contributed by atoms with E-state index in [0.717, 1.165) is 25.7 Å². The Bertz CT molecular complexity index is 686. The van der Waals surface area contributed by atoms with Crippen LogP contribution in [-0.4, -0.2) is 39.2 Å². The highest BCUT2D eigenvalue weighted by molar-refractivity contribution is 5.98. The second kappa shape index (κ2) is 10.4. The quantitative estimate of drug-likeness (QED) is 0.689. The topological polar surface area (TPSA) is 85.9 Å². The van der Waals surface area contributed by atoms with Gasteiger partial charge in [0, 0.05) is 23.7 Å². The van der Waals surface area contributed by atoms with Gasteiger partial charge in [0.2, 0.25) is 17.6 Å². The van der Waals surface area contributed by atoms with Gasteiger partial charge >= 0.3 is 0 Å². The Morgan fingerprint density at radius 1 is 0.966 bits per heavy atom. The molecule has 0 bridgehead atoms. The van der Waals surface area contributed by atoms with E-state index in [9.17, 15) is 9.59 Å². The number of benzene rings is 1. The van der Waals surface area contributed by atoms with Crippen molar-refractivity contribution in [3.63, 3.8) is 0 Å². The number of anilines is 1. The lowest BCUT2D eigenvalue weighted by Gasteiger charge is -2.28. The highest BCUT2D eigenvalue weighted by Crippen LogP contribution is 2.40. The normalized spacial score (nSPS) is 20.0. The van der Waals surface area contributed by atoms with Crippen molar-refractivity contribution in [2.45, 2.75) is 52.5 Å². The summed E-state index contributed by atoms with van der Waals surface area (Å²) >= 11 is 0. The van der Waals surface area contributed by atoms with E-state index in [0.29, 0.717) is 28.9 Å². The summed E-state index contributed by atoms with van der Waals surface area (Å²) < 4.78 is 16.0. The number of carbonyl (C=O) groups excluding carboxylic acids is 2. The van der Waals surface area contributed by atoms with Crippen LogP contribution in [0.5, 0.6) is 17.2 Å². The SMILES string of the molecule is COc1cc(NC(=O)[C@H](NC(=O)C2CCC(C)CC2)C(C)C)cc(OC)c1OC. The highest BCUT2D eigenvalue weighted by Gasteiger charge is 2.30. The van der Waals surface area contributed by atoms with E-state index < -0.39 is 6.04 Å². The molecule has 1 aromatic rings.